The fraction of sp³-hybridized carbons (Fsp3) is 0.510. The van der Waals surface area contributed by atoms with Crippen LogP contribution >= 0.6 is 0 Å². The number of aryl methyl sites for hydroxylation is 1. The van der Waals surface area contributed by atoms with E-state index in [1.54, 1.807) is 17.0 Å². The number of methoxy groups -OCH3 is 1. The summed E-state index contributed by atoms with van der Waals surface area (Å²) in [6, 6.07) is 20.6. The van der Waals surface area contributed by atoms with Gasteiger partial charge in [-0.1, -0.05) is 93.4 Å². The number of ether oxygens (including phenoxy) is 2. The number of unbranched alkanes of at least 4 members (excludes halogenated alkanes) is 3. The number of hydrogen-bond acceptors (Lipinski definition) is 9. The molecule has 15 heteroatoms. The van der Waals surface area contributed by atoms with E-state index in [1.165, 1.54) is 19.6 Å². The zero-order chi connectivity index (χ0) is 47.7. The van der Waals surface area contributed by atoms with Crippen molar-refractivity contribution in [2.75, 3.05) is 26.7 Å². The molecule has 4 atom stereocenters. The van der Waals surface area contributed by atoms with E-state index in [-0.39, 0.29) is 44.6 Å². The van der Waals surface area contributed by atoms with Crippen LogP contribution in [0.3, 0.4) is 0 Å². The van der Waals surface area contributed by atoms with E-state index in [0.29, 0.717) is 50.9 Å². The van der Waals surface area contributed by atoms with Crippen molar-refractivity contribution in [3.8, 4) is 11.1 Å². The van der Waals surface area contributed by atoms with Gasteiger partial charge in [0.25, 0.3) is 5.91 Å². The predicted molar refractivity (Wildman–Crippen MR) is 253 cm³/mol. The summed E-state index contributed by atoms with van der Waals surface area (Å²) in [6.45, 7) is 7.03. The van der Waals surface area contributed by atoms with Gasteiger partial charge in [-0.3, -0.25) is 24.0 Å². The quantitative estimate of drug-likeness (QED) is 0.0656. The molecule has 0 bridgehead atoms. The Kier molecular flexibility index (Phi) is 22.7. The average molecular weight is 911 g/mol. The highest BCUT2D eigenvalue weighted by molar-refractivity contribution is 5.99. The predicted octanol–water partition coefficient (Wildman–Crippen LogP) is 6.52. The molecule has 0 spiro atoms. The van der Waals surface area contributed by atoms with Gasteiger partial charge in [0, 0.05) is 31.6 Å². The number of amides is 6. The largest absolute Gasteiger partial charge is 0.467 e. The Balaban J connectivity index is 1.51. The van der Waals surface area contributed by atoms with E-state index >= 15 is 0 Å². The first kappa shape index (κ1) is 52.4. The summed E-state index contributed by atoms with van der Waals surface area (Å²) in [5.74, 6) is -3.26. The molecule has 4 rings (SSSR count). The first-order chi connectivity index (χ1) is 31.9. The van der Waals surface area contributed by atoms with E-state index in [2.05, 4.69) is 57.8 Å². The molecule has 1 aliphatic rings. The second kappa shape index (κ2) is 28.6. The molecule has 6 amide bonds. The van der Waals surface area contributed by atoms with Crippen LogP contribution in [0.2, 0.25) is 0 Å². The molecule has 1 saturated heterocycles. The Labute approximate surface area is 389 Å². The van der Waals surface area contributed by atoms with Crippen LogP contribution in [-0.4, -0.2) is 97.4 Å². The molecule has 0 aromatic heterocycles. The minimum Gasteiger partial charge on any atom is -0.467 e. The van der Waals surface area contributed by atoms with E-state index in [0.717, 1.165) is 48.8 Å². The molecule has 3 aromatic rings. The van der Waals surface area contributed by atoms with Crippen LogP contribution in [0.15, 0.2) is 78.9 Å². The molecular weight excluding hydrogens is 841 g/mol. The van der Waals surface area contributed by atoms with Gasteiger partial charge in [0.1, 0.15) is 30.8 Å². The van der Waals surface area contributed by atoms with Crippen LogP contribution in [0.4, 0.5) is 4.79 Å². The summed E-state index contributed by atoms with van der Waals surface area (Å²) in [6.07, 6.45) is 7.32. The first-order valence-electron chi connectivity index (χ1n) is 23.6. The Morgan fingerprint density at radius 1 is 0.758 bits per heavy atom. The second-order valence-electron chi connectivity index (χ2n) is 16.9. The molecule has 0 unspecified atom stereocenters. The van der Waals surface area contributed by atoms with E-state index in [4.69, 9.17) is 9.47 Å². The van der Waals surface area contributed by atoms with Gasteiger partial charge in [-0.2, -0.15) is 0 Å². The molecule has 0 aliphatic carbocycles. The third-order valence-corrected chi connectivity index (χ3v) is 11.6. The Morgan fingerprint density at radius 2 is 1.44 bits per heavy atom. The van der Waals surface area contributed by atoms with E-state index in [9.17, 15) is 33.6 Å². The lowest BCUT2D eigenvalue weighted by atomic mass is 10.0. The van der Waals surface area contributed by atoms with Gasteiger partial charge < -0.3 is 41.0 Å². The van der Waals surface area contributed by atoms with Crippen molar-refractivity contribution in [1.29, 1.82) is 0 Å². The van der Waals surface area contributed by atoms with Crippen molar-refractivity contribution in [2.45, 2.75) is 141 Å². The van der Waals surface area contributed by atoms with Crippen molar-refractivity contribution >= 4 is 41.6 Å². The normalized spacial score (nSPS) is 17.8. The third kappa shape index (κ3) is 18.0. The number of nitrogens with one attached hydrogen (secondary N) is 5. The summed E-state index contributed by atoms with van der Waals surface area (Å²) in [5.41, 5.74) is 4.42. The molecule has 5 N–H and O–H groups in total. The minimum atomic E-state index is -1.18. The number of carbonyl (C=O) groups is 7. The van der Waals surface area contributed by atoms with Gasteiger partial charge in [0.2, 0.25) is 23.6 Å². The molecule has 358 valence electrons. The van der Waals surface area contributed by atoms with Crippen LogP contribution in [-0.2, 0) is 46.5 Å². The molecule has 15 nitrogen and oxygen atoms in total. The highest BCUT2D eigenvalue weighted by Crippen LogP contribution is 2.22. The Bertz CT molecular complexity index is 2010. The number of carbonyl (C=O) groups excluding carboxylic acids is 7. The Hall–Kier alpha value is -6.25. The molecule has 3 aromatic carbocycles. The van der Waals surface area contributed by atoms with Crippen molar-refractivity contribution < 1.29 is 43.0 Å². The van der Waals surface area contributed by atoms with Crippen molar-refractivity contribution in [2.24, 2.45) is 0 Å². The zero-order valence-electron chi connectivity index (χ0n) is 39.2. The van der Waals surface area contributed by atoms with E-state index in [1.807, 2.05) is 49.4 Å². The van der Waals surface area contributed by atoms with Crippen molar-refractivity contribution in [3.63, 3.8) is 0 Å². The van der Waals surface area contributed by atoms with Crippen LogP contribution in [0.1, 0.15) is 126 Å². The summed E-state index contributed by atoms with van der Waals surface area (Å²) < 4.78 is 10.5. The maximum atomic E-state index is 14.3. The summed E-state index contributed by atoms with van der Waals surface area (Å²) in [4.78, 5) is 95.2. The number of esters is 1. The van der Waals surface area contributed by atoms with Gasteiger partial charge in [-0.25, -0.2) is 9.59 Å². The topological polar surface area (TPSA) is 201 Å². The molecule has 1 aliphatic heterocycles. The molecule has 1 heterocycles. The van der Waals surface area contributed by atoms with Crippen molar-refractivity contribution in [1.82, 2.24) is 31.5 Å². The first-order valence-corrected chi connectivity index (χ1v) is 23.6. The van der Waals surface area contributed by atoms with E-state index < -0.39 is 59.9 Å². The monoisotopic (exact) mass is 911 g/mol. The number of nitrogens with zero attached hydrogens (tertiary/aromatic N) is 1. The standard InChI is InChI=1S/C51H70N6O9/c1-5-7-17-37-24-26-39(27-25-37)40-28-30-41(31-29-40)47(60)54-42(20-13-15-34-57(33-8-6-2)51(64)66-35-38-18-10-9-11-19-38)49(62)55-43-22-16-23-45(58)52-32-14-12-21-44(50(63)65-4)56-46(59)36(3)53-48(43)61/h9-11,18-19,24-31,36,42-44H,5-8,12-17,20-23,32-35H2,1-4H3,(H,52,58)(H,53,61)(H,54,60)(H,55,62)(H,56,59)/t36-,42-,43-,44-/m0/s1. The SMILES string of the molecule is CCCCc1ccc(-c2ccc(C(=O)N[C@@H](CCCCN(CCCC)C(=O)OCc3ccccc3)C(=O)N[C@H]3CCCC(=O)NCCCC[C@@H](C(=O)OC)NC(=O)[C@H](C)NC3=O)cc2)cc1. The van der Waals surface area contributed by atoms with Gasteiger partial charge in [-0.05, 0) is 112 Å². The lowest BCUT2D eigenvalue weighted by Crippen LogP contribution is -2.57. The van der Waals surface area contributed by atoms with Crippen LogP contribution in [0.5, 0.6) is 0 Å². The third-order valence-electron chi connectivity index (χ3n) is 11.6. The summed E-state index contributed by atoms with van der Waals surface area (Å²) in [5, 5.41) is 13.8. The lowest BCUT2D eigenvalue weighted by Gasteiger charge is -2.26. The zero-order valence-corrected chi connectivity index (χ0v) is 39.2. The van der Waals surface area contributed by atoms with Gasteiger partial charge in [-0.15, -0.1) is 0 Å². The molecule has 1 fully saturated rings. The molecule has 0 radical (unpaired) electrons. The number of hydrogen-bond donors (Lipinski definition) is 5. The van der Waals surface area contributed by atoms with Gasteiger partial charge >= 0.3 is 12.1 Å². The van der Waals surface area contributed by atoms with Gasteiger partial charge in [0.15, 0.2) is 0 Å². The average Bonchev–Trinajstić information content (AvgIpc) is 3.33. The fourth-order valence-corrected chi connectivity index (χ4v) is 7.54. The number of rotatable bonds is 19. The second-order valence-corrected chi connectivity index (χ2v) is 16.9. The van der Waals surface area contributed by atoms with Gasteiger partial charge in [0.05, 0.1) is 7.11 Å². The fourth-order valence-electron chi connectivity index (χ4n) is 7.54. The minimum absolute atomic E-state index is 0.0588. The summed E-state index contributed by atoms with van der Waals surface area (Å²) in [7, 11) is 1.22. The lowest BCUT2D eigenvalue weighted by molar-refractivity contribution is -0.145. The highest BCUT2D eigenvalue weighted by Gasteiger charge is 2.30. The summed E-state index contributed by atoms with van der Waals surface area (Å²) >= 11 is 0. The smallest absolute Gasteiger partial charge is 0.410 e. The highest BCUT2D eigenvalue weighted by atomic mass is 16.6. The van der Waals surface area contributed by atoms with Crippen LogP contribution in [0.25, 0.3) is 11.1 Å². The number of benzene rings is 3. The Morgan fingerprint density at radius 3 is 2.12 bits per heavy atom. The van der Waals surface area contributed by atoms with Crippen molar-refractivity contribution in [3.05, 3.63) is 95.6 Å². The molecule has 0 saturated carbocycles. The maximum absolute atomic E-state index is 14.3. The van der Waals surface area contributed by atoms with Crippen LogP contribution < -0.4 is 26.6 Å². The van der Waals surface area contributed by atoms with Crippen LogP contribution in [0, 0.1) is 0 Å². The molecular formula is C51H70N6O9. The molecule has 66 heavy (non-hydrogen) atoms. The maximum Gasteiger partial charge on any atom is 0.410 e.